The first-order chi connectivity index (χ1) is 13.5. The number of benzene rings is 1. The Morgan fingerprint density at radius 2 is 1.89 bits per heavy atom. The van der Waals surface area contributed by atoms with Crippen LogP contribution in [-0.4, -0.2) is 25.3 Å². The Morgan fingerprint density at radius 3 is 2.57 bits per heavy atom. The summed E-state index contributed by atoms with van der Waals surface area (Å²) in [4.78, 5) is 25.9. The van der Waals surface area contributed by atoms with Gasteiger partial charge in [0.1, 0.15) is 5.82 Å². The monoisotopic (exact) mass is 371 g/mol. The minimum absolute atomic E-state index is 0.167. The van der Waals surface area contributed by atoms with Crippen molar-refractivity contribution in [2.24, 2.45) is 0 Å². The molecule has 6 nitrogen and oxygen atoms in total. The summed E-state index contributed by atoms with van der Waals surface area (Å²) in [5.41, 5.74) is 4.88. The third kappa shape index (κ3) is 3.36. The van der Waals surface area contributed by atoms with E-state index in [-0.39, 0.29) is 5.91 Å². The van der Waals surface area contributed by atoms with Gasteiger partial charge in [0.15, 0.2) is 5.65 Å². The predicted molar refractivity (Wildman–Crippen MR) is 109 cm³/mol. The van der Waals surface area contributed by atoms with E-state index < -0.39 is 0 Å². The molecule has 0 saturated carbocycles. The van der Waals surface area contributed by atoms with Crippen LogP contribution in [0, 0.1) is 6.92 Å². The zero-order valence-corrected chi connectivity index (χ0v) is 16.0. The molecule has 0 bridgehead atoms. The molecule has 3 aromatic heterocycles. The second-order valence-corrected chi connectivity index (χ2v) is 7.02. The van der Waals surface area contributed by atoms with Gasteiger partial charge in [-0.2, -0.15) is 0 Å². The number of nitrogens with zero attached hydrogens (tertiary/aromatic N) is 4. The summed E-state index contributed by atoms with van der Waals surface area (Å²) >= 11 is 0. The quantitative estimate of drug-likeness (QED) is 0.574. The van der Waals surface area contributed by atoms with Gasteiger partial charge in [0.05, 0.1) is 17.6 Å². The maximum absolute atomic E-state index is 12.8. The number of anilines is 1. The molecule has 0 spiro atoms. The Kier molecular flexibility index (Phi) is 4.61. The molecule has 0 aliphatic rings. The second kappa shape index (κ2) is 7.23. The van der Waals surface area contributed by atoms with Crippen LogP contribution < -0.4 is 5.32 Å². The molecule has 3 heterocycles. The van der Waals surface area contributed by atoms with Crippen molar-refractivity contribution in [3.63, 3.8) is 0 Å². The minimum atomic E-state index is -0.167. The van der Waals surface area contributed by atoms with Gasteiger partial charge in [0.25, 0.3) is 5.91 Å². The van der Waals surface area contributed by atoms with E-state index in [0.29, 0.717) is 22.9 Å². The molecule has 4 aromatic rings. The molecule has 1 N–H and O–H groups in total. The molecular weight excluding hydrogens is 350 g/mol. The molecule has 0 saturated heterocycles. The van der Waals surface area contributed by atoms with Crippen LogP contribution in [0.15, 0.2) is 61.2 Å². The van der Waals surface area contributed by atoms with Crippen molar-refractivity contribution >= 4 is 17.4 Å². The Balaban J connectivity index is 1.67. The van der Waals surface area contributed by atoms with Crippen molar-refractivity contribution in [3.05, 3.63) is 78.0 Å². The number of nitrogens with one attached hydrogen (secondary N) is 1. The average Bonchev–Trinajstić information content (AvgIpc) is 3.03. The molecule has 1 aromatic carbocycles. The molecular formula is C22H21N5O. The topological polar surface area (TPSA) is 72.2 Å². The summed E-state index contributed by atoms with van der Waals surface area (Å²) in [6.07, 6.45) is 7.04. The SMILES string of the molecule is Cc1nc2cnc(-c3cccnc3)cn2c1NC(=O)c1ccc(C(C)C)cc1. The summed E-state index contributed by atoms with van der Waals surface area (Å²) in [7, 11) is 0. The van der Waals surface area contributed by atoms with Gasteiger partial charge >= 0.3 is 0 Å². The first kappa shape index (κ1) is 17.9. The molecule has 0 aliphatic carbocycles. The summed E-state index contributed by atoms with van der Waals surface area (Å²) in [6.45, 7) is 6.13. The lowest BCUT2D eigenvalue weighted by molar-refractivity contribution is 0.102. The normalized spacial score (nSPS) is 11.1. The molecule has 28 heavy (non-hydrogen) atoms. The third-order valence-electron chi connectivity index (χ3n) is 4.71. The van der Waals surface area contributed by atoms with Gasteiger partial charge in [-0.3, -0.25) is 19.2 Å². The van der Waals surface area contributed by atoms with Crippen LogP contribution in [-0.2, 0) is 0 Å². The number of aromatic nitrogens is 4. The largest absolute Gasteiger partial charge is 0.306 e. The zero-order chi connectivity index (χ0) is 19.7. The highest BCUT2D eigenvalue weighted by Gasteiger charge is 2.15. The molecule has 0 fully saturated rings. The number of fused-ring (bicyclic) bond motifs is 1. The number of carbonyl (C=O) groups is 1. The first-order valence-corrected chi connectivity index (χ1v) is 9.19. The molecule has 0 aliphatic heterocycles. The number of carbonyl (C=O) groups excluding carboxylic acids is 1. The smallest absolute Gasteiger partial charge is 0.256 e. The van der Waals surface area contributed by atoms with Crippen molar-refractivity contribution in [1.82, 2.24) is 19.4 Å². The molecule has 0 radical (unpaired) electrons. The molecule has 1 amide bonds. The average molecular weight is 371 g/mol. The predicted octanol–water partition coefficient (Wildman–Crippen LogP) is 4.48. The Bertz CT molecular complexity index is 1130. The maximum Gasteiger partial charge on any atom is 0.256 e. The van der Waals surface area contributed by atoms with Crippen LogP contribution in [0.25, 0.3) is 16.9 Å². The summed E-state index contributed by atoms with van der Waals surface area (Å²) < 4.78 is 1.85. The van der Waals surface area contributed by atoms with Crippen LogP contribution >= 0.6 is 0 Å². The van der Waals surface area contributed by atoms with E-state index in [1.165, 1.54) is 5.56 Å². The van der Waals surface area contributed by atoms with Gasteiger partial charge in [-0.05, 0) is 42.7 Å². The van der Waals surface area contributed by atoms with E-state index in [0.717, 1.165) is 17.0 Å². The lowest BCUT2D eigenvalue weighted by atomic mass is 10.0. The van der Waals surface area contributed by atoms with E-state index in [4.69, 9.17) is 0 Å². The van der Waals surface area contributed by atoms with E-state index in [1.807, 2.05) is 53.9 Å². The highest BCUT2D eigenvalue weighted by Crippen LogP contribution is 2.22. The number of imidazole rings is 1. The molecule has 0 atom stereocenters. The summed E-state index contributed by atoms with van der Waals surface area (Å²) in [5, 5.41) is 2.99. The molecule has 0 unspecified atom stereocenters. The molecule has 6 heteroatoms. The fraction of sp³-hybridized carbons (Fsp3) is 0.182. The standard InChI is InChI=1S/C22H21N5O/c1-14(2)16-6-8-17(9-7-16)22(28)26-21-15(3)25-20-12-24-19(13-27(20)21)18-5-4-10-23-11-18/h4-14H,1-3H3,(H,26,28). The van der Waals surface area contributed by atoms with Crippen molar-refractivity contribution < 1.29 is 4.79 Å². The van der Waals surface area contributed by atoms with Crippen molar-refractivity contribution in [3.8, 4) is 11.3 Å². The zero-order valence-electron chi connectivity index (χ0n) is 16.0. The number of aryl methyl sites for hydroxylation is 1. The van der Waals surface area contributed by atoms with Gasteiger partial charge in [-0.1, -0.05) is 26.0 Å². The number of hydrogen-bond donors (Lipinski definition) is 1. The number of pyridine rings is 1. The Labute approximate surface area is 163 Å². The minimum Gasteiger partial charge on any atom is -0.306 e. The fourth-order valence-electron chi connectivity index (χ4n) is 3.09. The second-order valence-electron chi connectivity index (χ2n) is 7.02. The van der Waals surface area contributed by atoms with Crippen LogP contribution in [0.4, 0.5) is 5.82 Å². The van der Waals surface area contributed by atoms with Crippen LogP contribution in [0.2, 0.25) is 0 Å². The highest BCUT2D eigenvalue weighted by molar-refractivity contribution is 6.04. The number of amides is 1. The number of hydrogen-bond acceptors (Lipinski definition) is 4. The lowest BCUT2D eigenvalue weighted by Gasteiger charge is -2.09. The third-order valence-corrected chi connectivity index (χ3v) is 4.71. The van der Waals surface area contributed by atoms with Crippen LogP contribution in [0.5, 0.6) is 0 Å². The Morgan fingerprint density at radius 1 is 1.11 bits per heavy atom. The van der Waals surface area contributed by atoms with Crippen molar-refractivity contribution in [2.45, 2.75) is 26.7 Å². The van der Waals surface area contributed by atoms with Crippen molar-refractivity contribution in [1.29, 1.82) is 0 Å². The highest BCUT2D eigenvalue weighted by atomic mass is 16.1. The lowest BCUT2D eigenvalue weighted by Crippen LogP contribution is -2.14. The molecule has 4 rings (SSSR count). The van der Waals surface area contributed by atoms with Gasteiger partial charge in [-0.25, -0.2) is 4.98 Å². The van der Waals surface area contributed by atoms with Gasteiger partial charge in [-0.15, -0.1) is 0 Å². The maximum atomic E-state index is 12.8. The Hall–Kier alpha value is -3.54. The summed E-state index contributed by atoms with van der Waals surface area (Å²) in [6, 6.07) is 11.5. The van der Waals surface area contributed by atoms with Gasteiger partial charge < -0.3 is 5.32 Å². The van der Waals surface area contributed by atoms with Gasteiger partial charge in [0.2, 0.25) is 0 Å². The van der Waals surface area contributed by atoms with Crippen LogP contribution in [0.1, 0.15) is 41.4 Å². The van der Waals surface area contributed by atoms with E-state index in [1.54, 1.807) is 18.6 Å². The molecule has 140 valence electrons. The van der Waals surface area contributed by atoms with E-state index >= 15 is 0 Å². The van der Waals surface area contributed by atoms with E-state index in [9.17, 15) is 4.79 Å². The first-order valence-electron chi connectivity index (χ1n) is 9.19. The summed E-state index contributed by atoms with van der Waals surface area (Å²) in [5.74, 6) is 0.900. The van der Waals surface area contributed by atoms with Gasteiger partial charge in [0, 0.05) is 29.7 Å². The van der Waals surface area contributed by atoms with Crippen LogP contribution in [0.3, 0.4) is 0 Å². The fourth-order valence-corrected chi connectivity index (χ4v) is 3.09. The van der Waals surface area contributed by atoms with E-state index in [2.05, 4.69) is 34.1 Å². The van der Waals surface area contributed by atoms with Crippen molar-refractivity contribution in [2.75, 3.05) is 5.32 Å². The number of rotatable bonds is 4.